The Bertz CT molecular complexity index is 546. The Morgan fingerprint density at radius 3 is 2.07 bits per heavy atom. The number of carboxylic acids is 1. The fourth-order valence-corrected chi connectivity index (χ4v) is 1.43. The van der Waals surface area contributed by atoms with Crippen LogP contribution in [0.2, 0.25) is 0 Å². The maximum atomic E-state index is 10.6. The largest absolute Gasteiger partial charge is 0.478 e. The third-order valence-corrected chi connectivity index (χ3v) is 3.03. The maximum absolute atomic E-state index is 10.6. The van der Waals surface area contributed by atoms with Crippen LogP contribution in [0.5, 0.6) is 0 Å². The second-order valence-corrected chi connectivity index (χ2v) is 5.62. The molecule has 7 heteroatoms. The Balaban J connectivity index is -0.000000349. The van der Waals surface area contributed by atoms with Crippen LogP contribution in [0.25, 0.3) is 0 Å². The number of ether oxygens (including phenoxy) is 2. The summed E-state index contributed by atoms with van der Waals surface area (Å²) in [5.41, 5.74) is 0.527. The molecule has 0 rings (SSSR count). The van der Waals surface area contributed by atoms with Crippen molar-refractivity contribution >= 4 is 17.9 Å². The molecule has 0 heterocycles. The van der Waals surface area contributed by atoms with Crippen LogP contribution in [0.15, 0.2) is 37.0 Å². The van der Waals surface area contributed by atoms with Gasteiger partial charge in [-0.1, -0.05) is 52.3 Å². The molecule has 0 amide bonds. The summed E-state index contributed by atoms with van der Waals surface area (Å²) in [7, 11) is 1.33. The van der Waals surface area contributed by atoms with E-state index in [4.69, 9.17) is 15.1 Å². The van der Waals surface area contributed by atoms with Crippen LogP contribution in [-0.2, 0) is 23.9 Å². The monoisotopic (exact) mass is 395 g/mol. The zero-order valence-corrected chi connectivity index (χ0v) is 17.3. The summed E-state index contributed by atoms with van der Waals surface area (Å²) in [5, 5.41) is 16.2. The number of hydrogen-bond acceptors (Lipinski definition) is 6. The van der Waals surface area contributed by atoms with Gasteiger partial charge in [0, 0.05) is 23.6 Å². The standard InChI is InChI=1S/C10H18O2.C6H7NO2.C5H8O2/c1-3-5-6-7-8-9-12-10(11)4-2;1-5(6(8)9)3-2-4-7;1-4(2)5(6)7-3/h4H,2-3,5-9H2,1H3;1-3H2,(H,8,9);1H2,2-3H3. The van der Waals surface area contributed by atoms with E-state index in [1.54, 1.807) is 6.92 Å². The number of nitrogens with zero attached hydrogens (tertiary/aromatic N) is 1. The van der Waals surface area contributed by atoms with Gasteiger partial charge in [0.05, 0.1) is 19.8 Å². The molecule has 158 valence electrons. The lowest BCUT2D eigenvalue weighted by Gasteiger charge is -2.00. The molecule has 0 bridgehead atoms. The predicted molar refractivity (Wildman–Crippen MR) is 108 cm³/mol. The van der Waals surface area contributed by atoms with Crippen molar-refractivity contribution < 1.29 is 29.0 Å². The quantitative estimate of drug-likeness (QED) is 0.314. The molecule has 0 aliphatic heterocycles. The van der Waals surface area contributed by atoms with Crippen molar-refractivity contribution in [2.75, 3.05) is 13.7 Å². The first-order chi connectivity index (χ1) is 13.2. The van der Waals surface area contributed by atoms with Gasteiger partial charge in [0.25, 0.3) is 0 Å². The third kappa shape index (κ3) is 25.4. The molecule has 0 aromatic rings. The van der Waals surface area contributed by atoms with Gasteiger partial charge in [-0.15, -0.1) is 0 Å². The number of nitriles is 1. The van der Waals surface area contributed by atoms with Crippen LogP contribution in [0.1, 0.15) is 58.8 Å². The van der Waals surface area contributed by atoms with Gasteiger partial charge in [-0.25, -0.2) is 14.4 Å². The van der Waals surface area contributed by atoms with E-state index < -0.39 is 5.97 Å². The van der Waals surface area contributed by atoms with E-state index in [2.05, 4.69) is 31.4 Å². The maximum Gasteiger partial charge on any atom is 0.332 e. The highest BCUT2D eigenvalue weighted by Gasteiger charge is 2.01. The lowest BCUT2D eigenvalue weighted by molar-refractivity contribution is -0.138. The first-order valence-corrected chi connectivity index (χ1v) is 8.98. The van der Waals surface area contributed by atoms with Gasteiger partial charge in [0.15, 0.2) is 0 Å². The molecule has 0 unspecified atom stereocenters. The van der Waals surface area contributed by atoms with Crippen LogP contribution < -0.4 is 0 Å². The molecule has 0 spiro atoms. The van der Waals surface area contributed by atoms with Gasteiger partial charge in [-0.2, -0.15) is 5.26 Å². The van der Waals surface area contributed by atoms with E-state index >= 15 is 0 Å². The number of esters is 2. The van der Waals surface area contributed by atoms with Crippen LogP contribution in [0.3, 0.4) is 0 Å². The second kappa shape index (κ2) is 22.2. The Labute approximate surface area is 168 Å². The van der Waals surface area contributed by atoms with E-state index in [1.165, 1.54) is 32.4 Å². The minimum atomic E-state index is -1.02. The molecule has 0 saturated heterocycles. The first kappa shape index (κ1) is 29.9. The summed E-state index contributed by atoms with van der Waals surface area (Å²) in [6, 6.07) is 1.83. The predicted octanol–water partition coefficient (Wildman–Crippen LogP) is 4.35. The number of carboxylic acid groups (broad SMARTS) is 1. The van der Waals surface area contributed by atoms with Gasteiger partial charge in [-0.3, -0.25) is 0 Å². The highest BCUT2D eigenvalue weighted by molar-refractivity contribution is 5.86. The zero-order chi connectivity index (χ0) is 22.4. The SMILES string of the molecule is C=C(C)C(=O)OC.C=C(CCC#N)C(=O)O.C=CC(=O)OCCCCCCC. The van der Waals surface area contributed by atoms with Gasteiger partial charge < -0.3 is 14.6 Å². The topological polar surface area (TPSA) is 114 Å². The number of rotatable bonds is 11. The molecule has 0 saturated carbocycles. The Kier molecular flexibility index (Phi) is 23.6. The number of hydrogen-bond donors (Lipinski definition) is 1. The van der Waals surface area contributed by atoms with Crippen molar-refractivity contribution in [1.29, 1.82) is 5.26 Å². The molecule has 0 aliphatic carbocycles. The highest BCUT2D eigenvalue weighted by atomic mass is 16.5. The third-order valence-electron chi connectivity index (χ3n) is 3.03. The van der Waals surface area contributed by atoms with Crippen molar-refractivity contribution in [3.05, 3.63) is 37.0 Å². The van der Waals surface area contributed by atoms with E-state index in [1.807, 2.05) is 6.07 Å². The minimum Gasteiger partial charge on any atom is -0.478 e. The molecule has 0 aliphatic rings. The van der Waals surface area contributed by atoms with Crippen LogP contribution in [-0.4, -0.2) is 36.7 Å². The molecule has 28 heavy (non-hydrogen) atoms. The average Bonchev–Trinajstić information content (AvgIpc) is 2.68. The van der Waals surface area contributed by atoms with Crippen LogP contribution in [0.4, 0.5) is 0 Å². The molecule has 1 N–H and O–H groups in total. The highest BCUT2D eigenvalue weighted by Crippen LogP contribution is 2.02. The van der Waals surface area contributed by atoms with Crippen molar-refractivity contribution in [1.82, 2.24) is 0 Å². The first-order valence-electron chi connectivity index (χ1n) is 8.98. The van der Waals surface area contributed by atoms with Crippen LogP contribution >= 0.6 is 0 Å². The Morgan fingerprint density at radius 1 is 1.14 bits per heavy atom. The molecule has 0 aromatic carbocycles. The minimum absolute atomic E-state index is 0.0940. The summed E-state index contributed by atoms with van der Waals surface area (Å²) in [5.74, 6) is -1.68. The zero-order valence-electron chi connectivity index (χ0n) is 17.3. The molecule has 7 nitrogen and oxygen atoms in total. The average molecular weight is 395 g/mol. The lowest BCUT2D eigenvalue weighted by Crippen LogP contribution is -2.01. The van der Waals surface area contributed by atoms with Crippen molar-refractivity contribution in [3.63, 3.8) is 0 Å². The van der Waals surface area contributed by atoms with Gasteiger partial charge >= 0.3 is 17.9 Å². The fourth-order valence-electron chi connectivity index (χ4n) is 1.43. The normalized spacial score (nSPS) is 8.50. The summed E-state index contributed by atoms with van der Waals surface area (Å²) in [4.78, 5) is 30.7. The van der Waals surface area contributed by atoms with E-state index in [0.717, 1.165) is 12.8 Å². The van der Waals surface area contributed by atoms with Crippen LogP contribution in [0, 0.1) is 11.3 Å². The van der Waals surface area contributed by atoms with Crippen molar-refractivity contribution in [2.45, 2.75) is 58.8 Å². The number of carbonyl (C=O) groups is 3. The van der Waals surface area contributed by atoms with Gasteiger partial charge in [0.2, 0.25) is 0 Å². The number of aliphatic carboxylic acids is 1. The lowest BCUT2D eigenvalue weighted by atomic mass is 10.2. The Morgan fingerprint density at radius 2 is 1.71 bits per heavy atom. The van der Waals surface area contributed by atoms with E-state index in [9.17, 15) is 14.4 Å². The molecule has 0 fully saturated rings. The number of methoxy groups -OCH3 is 1. The summed E-state index contributed by atoms with van der Waals surface area (Å²) in [6.45, 7) is 14.2. The smallest absolute Gasteiger partial charge is 0.332 e. The summed E-state index contributed by atoms with van der Waals surface area (Å²) in [6.07, 6.45) is 7.56. The molecule has 0 aromatic heterocycles. The van der Waals surface area contributed by atoms with Gasteiger partial charge in [-0.05, 0) is 19.8 Å². The molecular formula is C21H33NO6. The number of unbranched alkanes of at least 4 members (excludes halogenated alkanes) is 4. The van der Waals surface area contributed by atoms with Crippen molar-refractivity contribution in [2.24, 2.45) is 0 Å². The summed E-state index contributed by atoms with van der Waals surface area (Å²) < 4.78 is 9.09. The molecule has 0 radical (unpaired) electrons. The number of carbonyl (C=O) groups excluding carboxylic acids is 2. The Hall–Kier alpha value is -2.88. The van der Waals surface area contributed by atoms with E-state index in [-0.39, 0.29) is 30.4 Å². The van der Waals surface area contributed by atoms with E-state index in [0.29, 0.717) is 12.2 Å². The second-order valence-electron chi connectivity index (χ2n) is 5.62. The molecule has 0 atom stereocenters. The van der Waals surface area contributed by atoms with Crippen molar-refractivity contribution in [3.8, 4) is 6.07 Å². The summed E-state index contributed by atoms with van der Waals surface area (Å²) >= 11 is 0. The molecular weight excluding hydrogens is 362 g/mol. The van der Waals surface area contributed by atoms with Gasteiger partial charge in [0.1, 0.15) is 0 Å². The fraction of sp³-hybridized carbons (Fsp3) is 0.524.